The Morgan fingerprint density at radius 1 is 0.765 bits per heavy atom. The third-order valence-corrected chi connectivity index (χ3v) is 5.19. The Kier molecular flexibility index (Phi) is 8.46. The van der Waals surface area contributed by atoms with Gasteiger partial charge < -0.3 is 18.9 Å². The fraction of sp³-hybridized carbons (Fsp3) is 0.179. The maximum atomic E-state index is 13.8. The van der Waals surface area contributed by atoms with Crippen LogP contribution in [0.15, 0.2) is 66.7 Å². The molecule has 3 aromatic carbocycles. The van der Waals surface area contributed by atoms with Gasteiger partial charge >= 0.3 is 0 Å². The van der Waals surface area contributed by atoms with Crippen molar-refractivity contribution in [1.82, 2.24) is 0 Å². The molecule has 0 atom stereocenters. The molecule has 0 spiro atoms. The SMILES string of the molecule is COc1ccc(C(=O)/C=C\Cc2ccc(/C=C\c3cc(OC)c(OC)c(OC)c3)cc2)cc1F. The third-order valence-electron chi connectivity index (χ3n) is 5.19. The zero-order chi connectivity index (χ0) is 24.5. The summed E-state index contributed by atoms with van der Waals surface area (Å²) in [6.07, 6.45) is 7.76. The number of benzene rings is 3. The lowest BCUT2D eigenvalue weighted by Crippen LogP contribution is -1.97. The van der Waals surface area contributed by atoms with Gasteiger partial charge in [-0.2, -0.15) is 0 Å². The first kappa shape index (κ1) is 24.6. The molecule has 3 aromatic rings. The van der Waals surface area contributed by atoms with Crippen molar-refractivity contribution in [3.63, 3.8) is 0 Å². The van der Waals surface area contributed by atoms with Gasteiger partial charge in [0, 0.05) is 5.56 Å². The number of hydrogen-bond donors (Lipinski definition) is 0. The number of ketones is 1. The van der Waals surface area contributed by atoms with Gasteiger partial charge in [0.25, 0.3) is 0 Å². The van der Waals surface area contributed by atoms with Gasteiger partial charge in [-0.15, -0.1) is 0 Å². The molecule has 0 saturated carbocycles. The summed E-state index contributed by atoms with van der Waals surface area (Å²) >= 11 is 0. The molecule has 0 aliphatic rings. The highest BCUT2D eigenvalue weighted by atomic mass is 19.1. The van der Waals surface area contributed by atoms with Gasteiger partial charge in [-0.1, -0.05) is 42.5 Å². The Labute approximate surface area is 199 Å². The van der Waals surface area contributed by atoms with Crippen LogP contribution in [0, 0.1) is 5.82 Å². The van der Waals surface area contributed by atoms with Crippen molar-refractivity contribution in [3.8, 4) is 23.0 Å². The zero-order valence-electron chi connectivity index (χ0n) is 19.6. The minimum absolute atomic E-state index is 0.111. The molecule has 176 valence electrons. The molecule has 0 radical (unpaired) electrons. The summed E-state index contributed by atoms with van der Waals surface area (Å²) in [5.74, 6) is 1.03. The molecule has 5 nitrogen and oxygen atoms in total. The van der Waals surface area contributed by atoms with Crippen molar-refractivity contribution < 1.29 is 28.1 Å². The Morgan fingerprint density at radius 2 is 1.38 bits per heavy atom. The molecule has 0 fully saturated rings. The van der Waals surface area contributed by atoms with E-state index in [2.05, 4.69) is 0 Å². The quantitative estimate of drug-likeness (QED) is 0.210. The van der Waals surface area contributed by atoms with Gasteiger partial charge in [-0.3, -0.25) is 4.79 Å². The maximum absolute atomic E-state index is 13.8. The summed E-state index contributed by atoms with van der Waals surface area (Å²) in [6.45, 7) is 0. The molecule has 0 amide bonds. The summed E-state index contributed by atoms with van der Waals surface area (Å²) in [5, 5.41) is 0. The second-order valence-electron chi connectivity index (χ2n) is 7.35. The van der Waals surface area contributed by atoms with Crippen LogP contribution in [-0.2, 0) is 6.42 Å². The van der Waals surface area contributed by atoms with E-state index in [1.165, 1.54) is 25.3 Å². The van der Waals surface area contributed by atoms with Crippen molar-refractivity contribution in [2.24, 2.45) is 0 Å². The number of allylic oxidation sites excluding steroid dienone is 2. The van der Waals surface area contributed by atoms with Crippen molar-refractivity contribution in [1.29, 1.82) is 0 Å². The predicted octanol–water partition coefficient (Wildman–Crippen LogP) is 6.01. The normalized spacial score (nSPS) is 11.1. The van der Waals surface area contributed by atoms with Gasteiger partial charge in [0.15, 0.2) is 28.8 Å². The smallest absolute Gasteiger partial charge is 0.203 e. The van der Waals surface area contributed by atoms with Crippen LogP contribution in [0.1, 0.15) is 27.0 Å². The van der Waals surface area contributed by atoms with Crippen LogP contribution in [0.2, 0.25) is 0 Å². The number of carbonyl (C=O) groups excluding carboxylic acids is 1. The lowest BCUT2D eigenvalue weighted by molar-refractivity contribution is 0.104. The standard InChI is InChI=1S/C28H27FO5/c1-31-25-15-14-22(18-23(25)29)24(30)7-5-6-19-8-10-20(11-9-19)12-13-21-16-26(32-2)28(34-4)27(17-21)33-3/h5,7-18H,6H2,1-4H3/b7-5-,13-12-. The summed E-state index contributed by atoms with van der Waals surface area (Å²) in [5.41, 5.74) is 3.26. The molecule has 0 bridgehead atoms. The van der Waals surface area contributed by atoms with E-state index in [1.54, 1.807) is 33.5 Å². The van der Waals surface area contributed by atoms with Crippen LogP contribution < -0.4 is 18.9 Å². The Morgan fingerprint density at radius 3 is 1.94 bits per heavy atom. The van der Waals surface area contributed by atoms with Crippen molar-refractivity contribution in [2.45, 2.75) is 6.42 Å². The highest BCUT2D eigenvalue weighted by Gasteiger charge is 2.12. The molecule has 0 aliphatic heterocycles. The number of hydrogen-bond acceptors (Lipinski definition) is 5. The van der Waals surface area contributed by atoms with E-state index in [9.17, 15) is 9.18 Å². The van der Waals surface area contributed by atoms with E-state index in [-0.39, 0.29) is 17.1 Å². The number of methoxy groups -OCH3 is 4. The topological polar surface area (TPSA) is 54.0 Å². The number of halogens is 1. The van der Waals surface area contributed by atoms with Gasteiger partial charge in [-0.25, -0.2) is 4.39 Å². The molecule has 0 unspecified atom stereocenters. The molecule has 34 heavy (non-hydrogen) atoms. The highest BCUT2D eigenvalue weighted by Crippen LogP contribution is 2.38. The fourth-order valence-electron chi connectivity index (χ4n) is 3.37. The average molecular weight is 463 g/mol. The molecular formula is C28H27FO5. The second-order valence-corrected chi connectivity index (χ2v) is 7.35. The van der Waals surface area contributed by atoms with Gasteiger partial charge in [0.1, 0.15) is 0 Å². The third kappa shape index (κ3) is 6.04. The Hall–Kier alpha value is -4.06. The van der Waals surface area contributed by atoms with E-state index < -0.39 is 5.82 Å². The average Bonchev–Trinajstić information content (AvgIpc) is 2.87. The van der Waals surface area contributed by atoms with Crippen molar-refractivity contribution in [2.75, 3.05) is 28.4 Å². The lowest BCUT2D eigenvalue weighted by atomic mass is 10.1. The van der Waals surface area contributed by atoms with Crippen LogP contribution in [0.3, 0.4) is 0 Å². The van der Waals surface area contributed by atoms with E-state index in [0.29, 0.717) is 23.7 Å². The second kappa shape index (κ2) is 11.7. The summed E-state index contributed by atoms with van der Waals surface area (Å²) in [4.78, 5) is 12.3. The van der Waals surface area contributed by atoms with Crippen LogP contribution in [0.5, 0.6) is 23.0 Å². The number of ether oxygens (including phenoxy) is 4. The molecule has 0 aliphatic carbocycles. The Balaban J connectivity index is 1.63. The molecule has 3 rings (SSSR count). The predicted molar refractivity (Wildman–Crippen MR) is 132 cm³/mol. The summed E-state index contributed by atoms with van der Waals surface area (Å²) < 4.78 is 34.8. The molecule has 0 saturated heterocycles. The van der Waals surface area contributed by atoms with Crippen molar-refractivity contribution >= 4 is 17.9 Å². The largest absolute Gasteiger partial charge is 0.494 e. The molecule has 6 heteroatoms. The van der Waals surface area contributed by atoms with E-state index in [1.807, 2.05) is 48.6 Å². The molecule has 0 aromatic heterocycles. The zero-order valence-corrected chi connectivity index (χ0v) is 19.6. The monoisotopic (exact) mass is 462 g/mol. The number of carbonyl (C=O) groups is 1. The minimum Gasteiger partial charge on any atom is -0.494 e. The molecule has 0 heterocycles. The van der Waals surface area contributed by atoms with Crippen LogP contribution in [0.25, 0.3) is 12.2 Å². The van der Waals surface area contributed by atoms with Gasteiger partial charge in [0.2, 0.25) is 5.75 Å². The van der Waals surface area contributed by atoms with E-state index in [4.69, 9.17) is 18.9 Å². The molecule has 0 N–H and O–H groups in total. The minimum atomic E-state index is -0.558. The summed E-state index contributed by atoms with van der Waals surface area (Å²) in [7, 11) is 6.12. The maximum Gasteiger partial charge on any atom is 0.203 e. The Bertz CT molecular complexity index is 1170. The lowest BCUT2D eigenvalue weighted by Gasteiger charge is -2.12. The summed E-state index contributed by atoms with van der Waals surface area (Å²) in [6, 6.07) is 15.9. The van der Waals surface area contributed by atoms with Crippen LogP contribution >= 0.6 is 0 Å². The first-order chi connectivity index (χ1) is 16.5. The number of rotatable bonds is 10. The van der Waals surface area contributed by atoms with Crippen molar-refractivity contribution in [3.05, 3.63) is 94.8 Å². The van der Waals surface area contributed by atoms with Crippen LogP contribution in [0.4, 0.5) is 4.39 Å². The fourth-order valence-corrected chi connectivity index (χ4v) is 3.37. The van der Waals surface area contributed by atoms with Crippen LogP contribution in [-0.4, -0.2) is 34.2 Å². The first-order valence-electron chi connectivity index (χ1n) is 10.6. The first-order valence-corrected chi connectivity index (χ1v) is 10.6. The molecular weight excluding hydrogens is 435 g/mol. The highest BCUT2D eigenvalue weighted by molar-refractivity contribution is 6.04. The van der Waals surface area contributed by atoms with E-state index in [0.717, 1.165) is 16.7 Å². The van der Waals surface area contributed by atoms with E-state index >= 15 is 0 Å². The van der Waals surface area contributed by atoms with Gasteiger partial charge in [-0.05, 0) is 59.5 Å². The van der Waals surface area contributed by atoms with Gasteiger partial charge in [0.05, 0.1) is 28.4 Å².